The minimum atomic E-state index is -4.74. The van der Waals surface area contributed by atoms with Crippen LogP contribution in [0, 0.1) is 0 Å². The van der Waals surface area contributed by atoms with Crippen LogP contribution in [-0.2, 0) is 26.9 Å². The second-order valence-electron chi connectivity index (χ2n) is 7.23. The van der Waals surface area contributed by atoms with E-state index in [9.17, 15) is 34.8 Å². The molecule has 164 valence electrons. The standard InChI is InChI=1S/C19H17F6NO3S/c1-17(30(27,28)13-5-2-4-12(10-13)18(20,21)22)7-9-29-15(11-17)16-14(19(23,24)25)6-3-8-26-16/h2-6,8,10,15H,7,9,11H2,1H3. The molecule has 1 fully saturated rings. The van der Waals surface area contributed by atoms with Crippen molar-refractivity contribution in [3.05, 3.63) is 59.4 Å². The molecule has 0 N–H and O–H groups in total. The molecule has 3 rings (SSSR count). The molecule has 2 heterocycles. The fraction of sp³-hybridized carbons (Fsp3) is 0.421. The van der Waals surface area contributed by atoms with Crippen LogP contribution in [0.3, 0.4) is 0 Å². The summed E-state index contributed by atoms with van der Waals surface area (Å²) in [6, 6.07) is 5.23. The molecule has 1 aliphatic rings. The van der Waals surface area contributed by atoms with E-state index in [0.29, 0.717) is 6.07 Å². The van der Waals surface area contributed by atoms with E-state index in [1.54, 1.807) is 0 Å². The molecule has 1 aliphatic heterocycles. The molecular weight excluding hydrogens is 436 g/mol. The molecule has 0 bridgehead atoms. The number of halogens is 6. The van der Waals surface area contributed by atoms with Gasteiger partial charge in [0.05, 0.1) is 26.5 Å². The number of hydrogen-bond acceptors (Lipinski definition) is 4. The summed E-state index contributed by atoms with van der Waals surface area (Å²) in [6.07, 6.45) is -10.1. The summed E-state index contributed by atoms with van der Waals surface area (Å²) in [5.41, 5.74) is -2.62. The van der Waals surface area contributed by atoms with E-state index < -0.39 is 54.8 Å². The third-order valence-electron chi connectivity index (χ3n) is 5.14. The van der Waals surface area contributed by atoms with Gasteiger partial charge in [0, 0.05) is 12.8 Å². The minimum Gasteiger partial charge on any atom is -0.372 e. The van der Waals surface area contributed by atoms with Crippen molar-refractivity contribution >= 4 is 9.84 Å². The first kappa shape index (κ1) is 22.5. The highest BCUT2D eigenvalue weighted by Crippen LogP contribution is 2.44. The largest absolute Gasteiger partial charge is 0.418 e. The number of nitrogens with zero attached hydrogens (tertiary/aromatic N) is 1. The minimum absolute atomic E-state index is 0.0870. The molecule has 1 saturated heterocycles. The number of hydrogen-bond donors (Lipinski definition) is 0. The molecule has 0 spiro atoms. The molecular formula is C19H17F6NO3S. The average molecular weight is 453 g/mol. The molecule has 1 aromatic carbocycles. The number of ether oxygens (including phenoxy) is 1. The van der Waals surface area contributed by atoms with Crippen LogP contribution in [0.15, 0.2) is 47.5 Å². The molecule has 2 atom stereocenters. The summed E-state index contributed by atoms with van der Waals surface area (Å²) in [6.45, 7) is 1.11. The first-order valence-corrected chi connectivity index (χ1v) is 10.3. The third-order valence-corrected chi connectivity index (χ3v) is 7.68. The highest BCUT2D eigenvalue weighted by molar-refractivity contribution is 7.92. The summed E-state index contributed by atoms with van der Waals surface area (Å²) in [5.74, 6) is 0. The Bertz CT molecular complexity index is 1040. The Labute approximate surface area is 168 Å². The van der Waals surface area contributed by atoms with Crippen molar-refractivity contribution in [1.82, 2.24) is 4.98 Å². The Kier molecular flexibility index (Phi) is 5.65. The first-order valence-electron chi connectivity index (χ1n) is 8.81. The Morgan fingerprint density at radius 2 is 1.77 bits per heavy atom. The smallest absolute Gasteiger partial charge is 0.372 e. The van der Waals surface area contributed by atoms with E-state index in [2.05, 4.69) is 4.98 Å². The maximum atomic E-state index is 13.3. The number of alkyl halides is 6. The van der Waals surface area contributed by atoms with Crippen molar-refractivity contribution in [3.8, 4) is 0 Å². The molecule has 1 aromatic heterocycles. The third kappa shape index (κ3) is 4.18. The molecule has 11 heteroatoms. The zero-order chi connectivity index (χ0) is 22.4. The topological polar surface area (TPSA) is 56.3 Å². The molecule has 4 nitrogen and oxygen atoms in total. The molecule has 30 heavy (non-hydrogen) atoms. The summed E-state index contributed by atoms with van der Waals surface area (Å²) >= 11 is 0. The van der Waals surface area contributed by atoms with E-state index in [-0.39, 0.29) is 19.4 Å². The SMILES string of the molecule is CC1(S(=O)(=O)c2cccc(C(F)(F)F)c2)CCOC(c2ncccc2C(F)(F)F)C1. The van der Waals surface area contributed by atoms with Gasteiger partial charge < -0.3 is 4.74 Å². The van der Waals surface area contributed by atoms with Gasteiger partial charge in [0.25, 0.3) is 0 Å². The van der Waals surface area contributed by atoms with Crippen molar-refractivity contribution < 1.29 is 39.5 Å². The first-order chi connectivity index (χ1) is 13.8. The molecule has 2 unspecified atom stereocenters. The second-order valence-corrected chi connectivity index (χ2v) is 9.69. The molecule has 0 amide bonds. The van der Waals surface area contributed by atoms with Crippen LogP contribution in [0.1, 0.15) is 42.7 Å². The molecule has 0 aliphatic carbocycles. The maximum absolute atomic E-state index is 13.3. The predicted molar refractivity (Wildman–Crippen MR) is 94.2 cm³/mol. The van der Waals surface area contributed by atoms with Gasteiger partial charge in [-0.05, 0) is 50.1 Å². The van der Waals surface area contributed by atoms with E-state index in [1.165, 1.54) is 6.92 Å². The Balaban J connectivity index is 2.00. The lowest BCUT2D eigenvalue weighted by atomic mass is 9.93. The Morgan fingerprint density at radius 1 is 1.07 bits per heavy atom. The van der Waals surface area contributed by atoms with Gasteiger partial charge in [-0.1, -0.05) is 6.07 Å². The Morgan fingerprint density at radius 3 is 2.40 bits per heavy atom. The summed E-state index contributed by atoms with van der Waals surface area (Å²) in [4.78, 5) is 3.20. The number of sulfone groups is 1. The highest BCUT2D eigenvalue weighted by Gasteiger charge is 2.47. The van der Waals surface area contributed by atoms with Crippen LogP contribution in [0.25, 0.3) is 0 Å². The van der Waals surface area contributed by atoms with Crippen molar-refractivity contribution in [3.63, 3.8) is 0 Å². The second kappa shape index (κ2) is 7.52. The van der Waals surface area contributed by atoms with Crippen LogP contribution in [-0.4, -0.2) is 24.8 Å². The summed E-state index contributed by atoms with van der Waals surface area (Å²) < 4.78 is 109. The van der Waals surface area contributed by atoms with Crippen molar-refractivity contribution in [1.29, 1.82) is 0 Å². The van der Waals surface area contributed by atoms with Crippen LogP contribution in [0.4, 0.5) is 26.3 Å². The van der Waals surface area contributed by atoms with Crippen molar-refractivity contribution in [2.45, 2.75) is 47.9 Å². The van der Waals surface area contributed by atoms with Crippen LogP contribution < -0.4 is 0 Å². The van der Waals surface area contributed by atoms with Gasteiger partial charge in [-0.15, -0.1) is 0 Å². The average Bonchev–Trinajstić information content (AvgIpc) is 2.67. The van der Waals surface area contributed by atoms with E-state index in [1.807, 2.05) is 0 Å². The summed E-state index contributed by atoms with van der Waals surface area (Å²) in [7, 11) is -4.32. The number of pyridine rings is 1. The molecule has 0 saturated carbocycles. The van der Waals surface area contributed by atoms with Gasteiger partial charge in [0.15, 0.2) is 9.84 Å². The van der Waals surface area contributed by atoms with E-state index in [4.69, 9.17) is 4.74 Å². The lowest BCUT2D eigenvalue weighted by molar-refractivity contribution is -0.140. The van der Waals surface area contributed by atoms with Crippen LogP contribution >= 0.6 is 0 Å². The fourth-order valence-corrected chi connectivity index (χ4v) is 5.26. The van der Waals surface area contributed by atoms with Gasteiger partial charge in [-0.25, -0.2) is 8.42 Å². The van der Waals surface area contributed by atoms with Crippen LogP contribution in [0.2, 0.25) is 0 Å². The highest BCUT2D eigenvalue weighted by atomic mass is 32.2. The van der Waals surface area contributed by atoms with Gasteiger partial charge in [-0.3, -0.25) is 4.98 Å². The van der Waals surface area contributed by atoms with E-state index in [0.717, 1.165) is 36.5 Å². The normalized spacial score (nSPS) is 23.4. The predicted octanol–water partition coefficient (Wildman–Crippen LogP) is 5.20. The fourth-order valence-electron chi connectivity index (χ4n) is 3.43. The van der Waals surface area contributed by atoms with Gasteiger partial charge in [0.2, 0.25) is 0 Å². The van der Waals surface area contributed by atoms with Gasteiger partial charge in [0.1, 0.15) is 6.10 Å². The lowest BCUT2D eigenvalue weighted by Gasteiger charge is -2.38. The summed E-state index contributed by atoms with van der Waals surface area (Å²) in [5, 5.41) is 0. The number of benzene rings is 1. The molecule has 2 aromatic rings. The monoisotopic (exact) mass is 453 g/mol. The lowest BCUT2D eigenvalue weighted by Crippen LogP contribution is -2.42. The van der Waals surface area contributed by atoms with Crippen LogP contribution in [0.5, 0.6) is 0 Å². The number of rotatable bonds is 3. The van der Waals surface area contributed by atoms with Gasteiger partial charge in [-0.2, -0.15) is 26.3 Å². The van der Waals surface area contributed by atoms with E-state index >= 15 is 0 Å². The van der Waals surface area contributed by atoms with Crippen molar-refractivity contribution in [2.24, 2.45) is 0 Å². The molecule has 0 radical (unpaired) electrons. The van der Waals surface area contributed by atoms with Gasteiger partial charge >= 0.3 is 12.4 Å². The Hall–Kier alpha value is -2.14. The number of aromatic nitrogens is 1. The van der Waals surface area contributed by atoms with Crippen molar-refractivity contribution in [2.75, 3.05) is 6.61 Å². The zero-order valence-corrected chi connectivity index (χ0v) is 16.4. The maximum Gasteiger partial charge on any atom is 0.418 e. The quantitative estimate of drug-likeness (QED) is 0.600. The zero-order valence-electron chi connectivity index (χ0n) is 15.6.